The summed E-state index contributed by atoms with van der Waals surface area (Å²) in [6.45, 7) is 0. The van der Waals surface area contributed by atoms with E-state index in [0.717, 1.165) is 39.1 Å². The second-order valence-electron chi connectivity index (χ2n) is 5.50. The first-order chi connectivity index (χ1) is 12.2. The average Bonchev–Trinajstić information content (AvgIpc) is 2.65. The number of fused-ring (bicyclic) bond motifs is 2. The molecule has 2 aromatic heterocycles. The zero-order valence-corrected chi connectivity index (χ0v) is 14.2. The van der Waals surface area contributed by atoms with E-state index in [1.54, 1.807) is 13.3 Å². The molecule has 124 valence electrons. The number of rotatable bonds is 4. The Morgan fingerprint density at radius 3 is 2.64 bits per heavy atom. The van der Waals surface area contributed by atoms with Gasteiger partial charge in [0.2, 0.25) is 0 Å². The monoisotopic (exact) mass is 350 g/mol. The Morgan fingerprint density at radius 2 is 1.84 bits per heavy atom. The van der Waals surface area contributed by atoms with Gasteiger partial charge in [0.15, 0.2) is 0 Å². The predicted molar refractivity (Wildman–Crippen MR) is 102 cm³/mol. The van der Waals surface area contributed by atoms with Crippen LogP contribution in [0.5, 0.6) is 5.75 Å². The molecule has 0 aliphatic rings. The van der Waals surface area contributed by atoms with Gasteiger partial charge in [0, 0.05) is 22.0 Å². The first kappa shape index (κ1) is 15.5. The molecule has 5 nitrogen and oxygen atoms in total. The molecule has 0 aliphatic carbocycles. The van der Waals surface area contributed by atoms with Crippen LogP contribution in [0.15, 0.2) is 60.8 Å². The molecule has 6 heteroatoms. The lowest BCUT2D eigenvalue weighted by Crippen LogP contribution is -2.11. The predicted octanol–water partition coefficient (Wildman–Crippen LogP) is 4.88. The van der Waals surface area contributed by atoms with Gasteiger partial charge in [-0.1, -0.05) is 17.7 Å². The molecule has 0 unspecified atom stereocenters. The molecule has 4 aromatic rings. The minimum Gasteiger partial charge on any atom is -0.497 e. The zero-order chi connectivity index (χ0) is 17.2. The number of aromatic nitrogens is 2. The van der Waals surface area contributed by atoms with Gasteiger partial charge in [-0.3, -0.25) is 10.9 Å². The minimum atomic E-state index is 0.650. The van der Waals surface area contributed by atoms with Crippen LogP contribution in [0.4, 0.5) is 11.5 Å². The summed E-state index contributed by atoms with van der Waals surface area (Å²) in [5.41, 5.74) is 8.95. The minimum absolute atomic E-state index is 0.650. The van der Waals surface area contributed by atoms with Crippen LogP contribution in [0.1, 0.15) is 0 Å². The van der Waals surface area contributed by atoms with Gasteiger partial charge in [-0.2, -0.15) is 0 Å². The highest BCUT2D eigenvalue weighted by molar-refractivity contribution is 6.31. The molecular formula is C19H15ClN4O. The van der Waals surface area contributed by atoms with Crippen molar-refractivity contribution in [3.63, 3.8) is 0 Å². The lowest BCUT2D eigenvalue weighted by molar-refractivity contribution is 0.415. The Hall–Kier alpha value is -3.05. The molecule has 25 heavy (non-hydrogen) atoms. The quantitative estimate of drug-likeness (QED) is 0.405. The van der Waals surface area contributed by atoms with E-state index in [9.17, 15) is 0 Å². The number of hydrogen-bond donors (Lipinski definition) is 2. The first-order valence-electron chi connectivity index (χ1n) is 7.75. The van der Waals surface area contributed by atoms with E-state index in [2.05, 4.69) is 15.8 Å². The molecule has 2 N–H and O–H groups in total. The molecule has 0 atom stereocenters. The number of ether oxygens (including phenoxy) is 1. The Balaban J connectivity index is 1.89. The number of benzene rings is 2. The van der Waals surface area contributed by atoms with Crippen molar-refractivity contribution in [3.8, 4) is 5.75 Å². The van der Waals surface area contributed by atoms with Crippen molar-refractivity contribution in [1.29, 1.82) is 0 Å². The van der Waals surface area contributed by atoms with Crippen LogP contribution in [0.2, 0.25) is 5.02 Å². The summed E-state index contributed by atoms with van der Waals surface area (Å²) in [7, 11) is 1.65. The Kier molecular flexibility index (Phi) is 3.99. The molecule has 0 bridgehead atoms. The maximum atomic E-state index is 6.14. The summed E-state index contributed by atoms with van der Waals surface area (Å²) >= 11 is 6.14. The molecular weight excluding hydrogens is 336 g/mol. The van der Waals surface area contributed by atoms with E-state index in [4.69, 9.17) is 21.3 Å². The van der Waals surface area contributed by atoms with Gasteiger partial charge in [-0.15, -0.1) is 0 Å². The molecule has 0 radical (unpaired) electrons. The van der Waals surface area contributed by atoms with Crippen LogP contribution in [0, 0.1) is 0 Å². The largest absolute Gasteiger partial charge is 0.497 e. The van der Waals surface area contributed by atoms with Crippen molar-refractivity contribution in [3.05, 3.63) is 65.8 Å². The van der Waals surface area contributed by atoms with Crippen LogP contribution in [-0.2, 0) is 0 Å². The zero-order valence-electron chi connectivity index (χ0n) is 13.5. The van der Waals surface area contributed by atoms with Crippen LogP contribution in [0.25, 0.3) is 21.8 Å². The van der Waals surface area contributed by atoms with Crippen LogP contribution in [-0.4, -0.2) is 17.1 Å². The van der Waals surface area contributed by atoms with Gasteiger partial charge in [0.25, 0.3) is 0 Å². The van der Waals surface area contributed by atoms with Crippen molar-refractivity contribution in [2.75, 3.05) is 18.0 Å². The molecule has 2 heterocycles. The fourth-order valence-corrected chi connectivity index (χ4v) is 2.89. The van der Waals surface area contributed by atoms with E-state index in [0.29, 0.717) is 5.02 Å². The normalized spacial score (nSPS) is 10.8. The second kappa shape index (κ2) is 6.45. The number of pyridine rings is 2. The molecule has 0 amide bonds. The van der Waals surface area contributed by atoms with Gasteiger partial charge < -0.3 is 4.74 Å². The summed E-state index contributed by atoms with van der Waals surface area (Å²) in [6, 6.07) is 17.1. The SMILES string of the molecule is COc1ccc2nc3cc(Cl)ccc3c(NNc3ccccn3)c2c1. The fraction of sp³-hybridized carbons (Fsp3) is 0.0526. The summed E-state index contributed by atoms with van der Waals surface area (Å²) in [5.74, 6) is 1.49. The maximum Gasteiger partial charge on any atom is 0.144 e. The highest BCUT2D eigenvalue weighted by atomic mass is 35.5. The number of halogens is 1. The third kappa shape index (κ3) is 3.02. The highest BCUT2D eigenvalue weighted by Gasteiger charge is 2.11. The summed E-state index contributed by atoms with van der Waals surface area (Å²) in [6.07, 6.45) is 1.73. The van der Waals surface area contributed by atoms with Crippen LogP contribution >= 0.6 is 11.6 Å². The van der Waals surface area contributed by atoms with Crippen molar-refractivity contribution in [2.45, 2.75) is 0 Å². The lowest BCUT2D eigenvalue weighted by atomic mass is 10.1. The van der Waals surface area contributed by atoms with E-state index in [1.807, 2.05) is 54.6 Å². The Bertz CT molecular complexity index is 1050. The maximum absolute atomic E-state index is 6.14. The van der Waals surface area contributed by atoms with Gasteiger partial charge in [-0.25, -0.2) is 9.97 Å². The smallest absolute Gasteiger partial charge is 0.144 e. The number of nitrogens with one attached hydrogen (secondary N) is 2. The average molecular weight is 351 g/mol. The number of methoxy groups -OCH3 is 1. The topological polar surface area (TPSA) is 59.1 Å². The van der Waals surface area contributed by atoms with E-state index in [1.165, 1.54) is 0 Å². The van der Waals surface area contributed by atoms with Crippen molar-refractivity contribution in [1.82, 2.24) is 9.97 Å². The highest BCUT2D eigenvalue weighted by Crippen LogP contribution is 2.34. The van der Waals surface area contributed by atoms with Crippen LogP contribution < -0.4 is 15.6 Å². The molecule has 0 fully saturated rings. The number of hydrazine groups is 1. The summed E-state index contributed by atoms with van der Waals surface area (Å²) < 4.78 is 5.36. The van der Waals surface area contributed by atoms with E-state index >= 15 is 0 Å². The Labute approximate surface area is 149 Å². The van der Waals surface area contributed by atoms with Crippen molar-refractivity contribution in [2.24, 2.45) is 0 Å². The molecule has 4 rings (SSSR count). The van der Waals surface area contributed by atoms with Gasteiger partial charge in [0.1, 0.15) is 11.6 Å². The molecule has 0 aliphatic heterocycles. The molecule has 0 saturated heterocycles. The lowest BCUT2D eigenvalue weighted by Gasteiger charge is -2.15. The summed E-state index contributed by atoms with van der Waals surface area (Å²) in [4.78, 5) is 8.97. The number of anilines is 2. The standard InChI is InChI=1S/C19H15ClN4O/c1-25-13-6-8-16-15(11-13)19(24-23-18-4-2-3-9-21-18)14-7-5-12(20)10-17(14)22-16/h2-11H,1H3,(H,21,23)(H,22,24). The number of hydrogen-bond acceptors (Lipinski definition) is 5. The first-order valence-corrected chi connectivity index (χ1v) is 8.12. The van der Waals surface area contributed by atoms with Gasteiger partial charge in [0.05, 0.1) is 23.8 Å². The molecule has 2 aromatic carbocycles. The molecule has 0 saturated carbocycles. The number of nitrogens with zero attached hydrogens (tertiary/aromatic N) is 2. The third-order valence-corrected chi connectivity index (χ3v) is 4.16. The van der Waals surface area contributed by atoms with Crippen molar-refractivity contribution >= 4 is 44.9 Å². The second-order valence-corrected chi connectivity index (χ2v) is 5.93. The Morgan fingerprint density at radius 1 is 0.920 bits per heavy atom. The fourth-order valence-electron chi connectivity index (χ4n) is 2.72. The van der Waals surface area contributed by atoms with E-state index in [-0.39, 0.29) is 0 Å². The van der Waals surface area contributed by atoms with E-state index < -0.39 is 0 Å². The summed E-state index contributed by atoms with van der Waals surface area (Å²) in [5, 5.41) is 2.54. The van der Waals surface area contributed by atoms with Gasteiger partial charge >= 0.3 is 0 Å². The van der Waals surface area contributed by atoms with Gasteiger partial charge in [-0.05, 0) is 48.5 Å². The third-order valence-electron chi connectivity index (χ3n) is 3.92. The molecule has 0 spiro atoms. The van der Waals surface area contributed by atoms with Crippen molar-refractivity contribution < 1.29 is 4.74 Å². The van der Waals surface area contributed by atoms with Crippen LogP contribution in [0.3, 0.4) is 0 Å².